The van der Waals surface area contributed by atoms with Gasteiger partial charge in [0.15, 0.2) is 0 Å². The molecule has 0 bridgehead atoms. The molecule has 0 unspecified atom stereocenters. The van der Waals surface area contributed by atoms with Crippen molar-refractivity contribution in [1.29, 1.82) is 0 Å². The fraction of sp³-hybridized carbons (Fsp3) is 0.609. The van der Waals surface area contributed by atoms with Crippen LogP contribution >= 0.6 is 0 Å². The van der Waals surface area contributed by atoms with Crippen molar-refractivity contribution in [2.75, 3.05) is 19.6 Å². The molecule has 0 aromatic heterocycles. The van der Waals surface area contributed by atoms with Crippen molar-refractivity contribution in [3.63, 3.8) is 0 Å². The zero-order chi connectivity index (χ0) is 22.0. The molecule has 0 atom stereocenters. The van der Waals surface area contributed by atoms with Crippen LogP contribution in [0.15, 0.2) is 24.3 Å². The first-order valence-corrected chi connectivity index (χ1v) is 11.2. The molecule has 3 aliphatic rings. The van der Waals surface area contributed by atoms with E-state index in [1.165, 1.54) is 12.1 Å². The molecule has 0 radical (unpaired) electrons. The van der Waals surface area contributed by atoms with Gasteiger partial charge in [-0.2, -0.15) is 0 Å². The van der Waals surface area contributed by atoms with Crippen molar-refractivity contribution in [1.82, 2.24) is 20.4 Å². The number of halogens is 1. The molecular formula is C23H31FN4O3. The van der Waals surface area contributed by atoms with Gasteiger partial charge in [0.05, 0.1) is 0 Å². The maximum atomic E-state index is 13.0. The van der Waals surface area contributed by atoms with Crippen molar-refractivity contribution >= 4 is 17.8 Å². The smallest absolute Gasteiger partial charge is 0.325 e. The molecule has 31 heavy (non-hydrogen) atoms. The topological polar surface area (TPSA) is 81.8 Å². The van der Waals surface area contributed by atoms with Gasteiger partial charge in [-0.25, -0.2) is 9.18 Å². The van der Waals surface area contributed by atoms with Gasteiger partial charge in [0, 0.05) is 25.7 Å². The summed E-state index contributed by atoms with van der Waals surface area (Å²) in [5.74, 6) is -0.226. The number of carbonyl (C=O) groups is 3. The Bertz CT molecular complexity index is 828. The summed E-state index contributed by atoms with van der Waals surface area (Å²) in [4.78, 5) is 41.2. The van der Waals surface area contributed by atoms with E-state index in [-0.39, 0.29) is 30.2 Å². The van der Waals surface area contributed by atoms with Crippen LogP contribution in [-0.2, 0) is 16.1 Å². The summed E-state index contributed by atoms with van der Waals surface area (Å²) in [6, 6.07) is 6.10. The van der Waals surface area contributed by atoms with Crippen LogP contribution in [0.3, 0.4) is 0 Å². The van der Waals surface area contributed by atoms with Gasteiger partial charge < -0.3 is 10.6 Å². The minimum absolute atomic E-state index is 0.0298. The first-order chi connectivity index (χ1) is 14.8. The number of piperidine rings is 1. The molecule has 2 N–H and O–H groups in total. The van der Waals surface area contributed by atoms with Crippen LogP contribution in [0.5, 0.6) is 0 Å². The van der Waals surface area contributed by atoms with E-state index in [1.54, 1.807) is 12.1 Å². The Hall–Kier alpha value is -2.48. The van der Waals surface area contributed by atoms with Gasteiger partial charge in [0.1, 0.15) is 17.9 Å². The lowest BCUT2D eigenvalue weighted by Gasteiger charge is -2.33. The van der Waals surface area contributed by atoms with Crippen molar-refractivity contribution in [2.45, 2.75) is 63.6 Å². The summed E-state index contributed by atoms with van der Waals surface area (Å²) in [6.45, 7) is 4.34. The molecule has 1 spiro atoms. The largest absolute Gasteiger partial charge is 0.352 e. The summed E-state index contributed by atoms with van der Waals surface area (Å²) in [5, 5.41) is 5.85. The molecule has 2 aliphatic heterocycles. The van der Waals surface area contributed by atoms with Crippen LogP contribution in [0.2, 0.25) is 0 Å². The van der Waals surface area contributed by atoms with Crippen molar-refractivity contribution in [3.8, 4) is 0 Å². The SMILES string of the molecule is CC1CCC2(CC1)NC(=O)N(CC(=O)NC1CCN(Cc3ccc(F)cc3)CC1)C2=O. The Morgan fingerprint density at radius 3 is 2.42 bits per heavy atom. The molecular weight excluding hydrogens is 399 g/mol. The maximum absolute atomic E-state index is 13.0. The van der Waals surface area contributed by atoms with Gasteiger partial charge in [-0.15, -0.1) is 0 Å². The molecule has 1 aromatic rings. The third-order valence-electron chi connectivity index (χ3n) is 6.95. The van der Waals surface area contributed by atoms with E-state index < -0.39 is 11.6 Å². The molecule has 1 aromatic carbocycles. The van der Waals surface area contributed by atoms with Crippen LogP contribution in [0.1, 0.15) is 51.0 Å². The number of imide groups is 1. The Labute approximate surface area is 182 Å². The van der Waals surface area contributed by atoms with E-state index in [2.05, 4.69) is 22.5 Å². The van der Waals surface area contributed by atoms with Gasteiger partial charge in [-0.05, 0) is 62.1 Å². The second-order valence-electron chi connectivity index (χ2n) is 9.33. The lowest BCUT2D eigenvalue weighted by atomic mass is 9.77. The van der Waals surface area contributed by atoms with Crippen LogP contribution in [0.25, 0.3) is 0 Å². The number of nitrogens with zero attached hydrogens (tertiary/aromatic N) is 2. The molecule has 4 rings (SSSR count). The lowest BCUT2D eigenvalue weighted by Crippen LogP contribution is -2.50. The van der Waals surface area contributed by atoms with E-state index in [0.29, 0.717) is 18.8 Å². The average Bonchev–Trinajstić information content (AvgIpc) is 2.97. The van der Waals surface area contributed by atoms with Crippen LogP contribution < -0.4 is 10.6 Å². The average molecular weight is 431 g/mol. The molecule has 1 aliphatic carbocycles. The predicted octanol–water partition coefficient (Wildman–Crippen LogP) is 2.41. The minimum Gasteiger partial charge on any atom is -0.352 e. The number of rotatable bonds is 5. The number of hydrogen-bond donors (Lipinski definition) is 2. The number of nitrogens with one attached hydrogen (secondary N) is 2. The Morgan fingerprint density at radius 1 is 1.13 bits per heavy atom. The van der Waals surface area contributed by atoms with E-state index in [9.17, 15) is 18.8 Å². The van der Waals surface area contributed by atoms with E-state index in [1.807, 2.05) is 0 Å². The number of carbonyl (C=O) groups excluding carboxylic acids is 3. The highest BCUT2D eigenvalue weighted by molar-refractivity contribution is 6.09. The number of urea groups is 1. The van der Waals surface area contributed by atoms with E-state index >= 15 is 0 Å². The first-order valence-electron chi connectivity index (χ1n) is 11.2. The number of amides is 4. The third kappa shape index (κ3) is 4.89. The van der Waals surface area contributed by atoms with Gasteiger partial charge in [0.25, 0.3) is 5.91 Å². The molecule has 2 saturated heterocycles. The van der Waals surface area contributed by atoms with Crippen molar-refractivity contribution < 1.29 is 18.8 Å². The van der Waals surface area contributed by atoms with Crippen LogP contribution in [0.4, 0.5) is 9.18 Å². The van der Waals surface area contributed by atoms with Crippen molar-refractivity contribution in [3.05, 3.63) is 35.6 Å². The van der Waals surface area contributed by atoms with Crippen LogP contribution in [0, 0.1) is 11.7 Å². The summed E-state index contributed by atoms with van der Waals surface area (Å²) >= 11 is 0. The van der Waals surface area contributed by atoms with Crippen LogP contribution in [-0.4, -0.2) is 58.9 Å². The summed E-state index contributed by atoms with van der Waals surface area (Å²) in [5.41, 5.74) is 0.253. The second kappa shape index (κ2) is 8.94. The monoisotopic (exact) mass is 430 g/mol. The van der Waals surface area contributed by atoms with Gasteiger partial charge in [0.2, 0.25) is 5.91 Å². The Morgan fingerprint density at radius 2 is 1.77 bits per heavy atom. The molecule has 4 amide bonds. The fourth-order valence-corrected chi connectivity index (χ4v) is 4.91. The maximum Gasteiger partial charge on any atom is 0.325 e. The lowest BCUT2D eigenvalue weighted by molar-refractivity contribution is -0.136. The fourth-order valence-electron chi connectivity index (χ4n) is 4.91. The zero-order valence-corrected chi connectivity index (χ0v) is 18.0. The molecule has 1 saturated carbocycles. The standard InChI is InChI=1S/C23H31FN4O3/c1-16-6-10-23(11-7-16)21(30)28(22(31)26-23)15-20(29)25-19-8-12-27(13-9-19)14-17-2-4-18(24)5-3-17/h2-5,16,19H,6-15H2,1H3,(H,25,29)(H,26,31). The molecule has 2 heterocycles. The molecule has 3 fully saturated rings. The highest BCUT2D eigenvalue weighted by Crippen LogP contribution is 2.36. The van der Waals surface area contributed by atoms with Gasteiger partial charge in [-0.3, -0.25) is 19.4 Å². The summed E-state index contributed by atoms with van der Waals surface area (Å²) < 4.78 is 13.0. The minimum atomic E-state index is -0.810. The normalized spacial score (nSPS) is 27.5. The molecule has 168 valence electrons. The quantitative estimate of drug-likeness (QED) is 0.703. The Kier molecular flexibility index (Phi) is 6.27. The predicted molar refractivity (Wildman–Crippen MR) is 113 cm³/mol. The second-order valence-corrected chi connectivity index (χ2v) is 9.33. The molecule has 7 nitrogen and oxygen atoms in total. The molecule has 8 heteroatoms. The Balaban J connectivity index is 1.24. The van der Waals surface area contributed by atoms with Gasteiger partial charge >= 0.3 is 6.03 Å². The highest BCUT2D eigenvalue weighted by atomic mass is 19.1. The summed E-state index contributed by atoms with van der Waals surface area (Å²) in [6.07, 6.45) is 4.70. The number of hydrogen-bond acceptors (Lipinski definition) is 4. The third-order valence-corrected chi connectivity index (χ3v) is 6.95. The number of benzene rings is 1. The van der Waals surface area contributed by atoms with Crippen molar-refractivity contribution in [2.24, 2.45) is 5.92 Å². The number of likely N-dealkylation sites (tertiary alicyclic amines) is 1. The zero-order valence-electron chi connectivity index (χ0n) is 18.0. The highest BCUT2D eigenvalue weighted by Gasteiger charge is 2.52. The summed E-state index contributed by atoms with van der Waals surface area (Å²) in [7, 11) is 0. The van der Waals surface area contributed by atoms with E-state index in [4.69, 9.17) is 0 Å². The first kappa shape index (κ1) is 21.7. The van der Waals surface area contributed by atoms with Gasteiger partial charge in [-0.1, -0.05) is 19.1 Å². The van der Waals surface area contributed by atoms with E-state index in [0.717, 1.165) is 55.8 Å².